The number of rotatable bonds is 6. The van der Waals surface area contributed by atoms with Crippen molar-refractivity contribution in [3.05, 3.63) is 11.6 Å². The SMILES string of the molecule is COCC(=O)NC(CC(C)C)C1=CCCN(C)C1. The number of methoxy groups -OCH3 is 1. The molecule has 0 radical (unpaired) electrons. The van der Waals surface area contributed by atoms with Crippen LogP contribution in [-0.2, 0) is 9.53 Å². The summed E-state index contributed by atoms with van der Waals surface area (Å²) in [5.41, 5.74) is 1.34. The van der Waals surface area contributed by atoms with Gasteiger partial charge < -0.3 is 15.0 Å². The van der Waals surface area contributed by atoms with Gasteiger partial charge in [-0.15, -0.1) is 0 Å². The van der Waals surface area contributed by atoms with Crippen LogP contribution in [-0.4, -0.2) is 50.7 Å². The van der Waals surface area contributed by atoms with Crippen LogP contribution in [0.2, 0.25) is 0 Å². The lowest BCUT2D eigenvalue weighted by molar-refractivity contribution is -0.125. The lowest BCUT2D eigenvalue weighted by Crippen LogP contribution is -2.42. The van der Waals surface area contributed by atoms with Crippen LogP contribution in [0.1, 0.15) is 26.7 Å². The van der Waals surface area contributed by atoms with Crippen molar-refractivity contribution < 1.29 is 9.53 Å². The summed E-state index contributed by atoms with van der Waals surface area (Å²) in [6, 6.07) is 0.149. The second-order valence-electron chi connectivity index (χ2n) is 5.49. The van der Waals surface area contributed by atoms with Crippen molar-refractivity contribution in [1.29, 1.82) is 0 Å². The Morgan fingerprint density at radius 1 is 1.56 bits per heavy atom. The summed E-state index contributed by atoms with van der Waals surface area (Å²) in [6.07, 6.45) is 4.33. The molecule has 18 heavy (non-hydrogen) atoms. The van der Waals surface area contributed by atoms with Gasteiger partial charge in [0.25, 0.3) is 0 Å². The fraction of sp³-hybridized carbons (Fsp3) is 0.786. The van der Waals surface area contributed by atoms with E-state index in [0.717, 1.165) is 25.9 Å². The Kier molecular flexibility index (Phi) is 6.36. The van der Waals surface area contributed by atoms with Gasteiger partial charge in [0.2, 0.25) is 5.91 Å². The summed E-state index contributed by atoms with van der Waals surface area (Å²) >= 11 is 0. The number of nitrogens with zero attached hydrogens (tertiary/aromatic N) is 1. The largest absolute Gasteiger partial charge is 0.375 e. The Morgan fingerprint density at radius 3 is 2.83 bits per heavy atom. The molecule has 1 amide bonds. The molecule has 1 N–H and O–H groups in total. The first-order valence-corrected chi connectivity index (χ1v) is 6.68. The molecule has 104 valence electrons. The quantitative estimate of drug-likeness (QED) is 0.729. The number of nitrogens with one attached hydrogen (secondary N) is 1. The third-order valence-electron chi connectivity index (χ3n) is 3.14. The predicted molar refractivity (Wildman–Crippen MR) is 73.5 cm³/mol. The van der Waals surface area contributed by atoms with Crippen molar-refractivity contribution in [2.24, 2.45) is 5.92 Å². The lowest BCUT2D eigenvalue weighted by atomic mass is 9.94. The van der Waals surface area contributed by atoms with Crippen LogP contribution in [0.15, 0.2) is 11.6 Å². The standard InChI is InChI=1S/C14H26N2O2/c1-11(2)8-13(15-14(17)10-18-4)12-6-5-7-16(3)9-12/h6,11,13H,5,7-10H2,1-4H3,(H,15,17). The summed E-state index contributed by atoms with van der Waals surface area (Å²) in [5.74, 6) is 0.531. The van der Waals surface area contributed by atoms with Crippen LogP contribution in [0.5, 0.6) is 0 Å². The van der Waals surface area contributed by atoms with Gasteiger partial charge in [-0.2, -0.15) is 0 Å². The molecule has 0 saturated carbocycles. The van der Waals surface area contributed by atoms with E-state index < -0.39 is 0 Å². The molecule has 0 fully saturated rings. The van der Waals surface area contributed by atoms with Crippen molar-refractivity contribution >= 4 is 5.91 Å². The van der Waals surface area contributed by atoms with Gasteiger partial charge >= 0.3 is 0 Å². The van der Waals surface area contributed by atoms with E-state index in [9.17, 15) is 4.79 Å². The smallest absolute Gasteiger partial charge is 0.246 e. The monoisotopic (exact) mass is 254 g/mol. The van der Waals surface area contributed by atoms with Crippen molar-refractivity contribution in [3.8, 4) is 0 Å². The minimum absolute atomic E-state index is 0.0303. The zero-order chi connectivity index (χ0) is 13.5. The fourth-order valence-electron chi connectivity index (χ4n) is 2.32. The van der Waals surface area contributed by atoms with Crippen molar-refractivity contribution in [1.82, 2.24) is 10.2 Å². The Hall–Kier alpha value is -0.870. The number of hydrogen-bond donors (Lipinski definition) is 1. The van der Waals surface area contributed by atoms with Crippen LogP contribution < -0.4 is 5.32 Å². The van der Waals surface area contributed by atoms with E-state index in [1.165, 1.54) is 5.57 Å². The molecule has 0 aromatic carbocycles. The second kappa shape index (κ2) is 7.54. The summed E-state index contributed by atoms with van der Waals surface area (Å²) in [5, 5.41) is 3.08. The molecule has 1 atom stereocenters. The molecule has 1 rings (SSSR count). The zero-order valence-corrected chi connectivity index (χ0v) is 12.0. The Labute approximate surface area is 110 Å². The van der Waals surface area contributed by atoms with E-state index in [0.29, 0.717) is 5.92 Å². The molecular formula is C14H26N2O2. The topological polar surface area (TPSA) is 41.6 Å². The summed E-state index contributed by atoms with van der Waals surface area (Å²) in [4.78, 5) is 14.0. The highest BCUT2D eigenvalue weighted by Crippen LogP contribution is 2.17. The molecule has 0 spiro atoms. The second-order valence-corrected chi connectivity index (χ2v) is 5.49. The minimum Gasteiger partial charge on any atom is -0.375 e. The number of ether oxygens (including phenoxy) is 1. The first-order valence-electron chi connectivity index (χ1n) is 6.68. The zero-order valence-electron chi connectivity index (χ0n) is 12.0. The number of carbonyl (C=O) groups excluding carboxylic acids is 1. The van der Waals surface area contributed by atoms with Gasteiger partial charge in [0, 0.05) is 20.2 Å². The highest BCUT2D eigenvalue weighted by Gasteiger charge is 2.21. The van der Waals surface area contributed by atoms with E-state index in [1.807, 2.05) is 0 Å². The van der Waals surface area contributed by atoms with Crippen LogP contribution in [0, 0.1) is 5.92 Å². The van der Waals surface area contributed by atoms with Crippen molar-refractivity contribution in [3.63, 3.8) is 0 Å². The molecule has 4 nitrogen and oxygen atoms in total. The third kappa shape index (κ3) is 5.19. The Balaban J connectivity index is 2.65. The normalized spacial score (nSPS) is 18.6. The van der Waals surface area contributed by atoms with E-state index >= 15 is 0 Å². The molecule has 1 aliphatic rings. The molecule has 0 aliphatic carbocycles. The van der Waals surface area contributed by atoms with Gasteiger partial charge in [0.1, 0.15) is 6.61 Å². The van der Waals surface area contributed by atoms with Gasteiger partial charge in [-0.25, -0.2) is 0 Å². The van der Waals surface area contributed by atoms with Crippen LogP contribution in [0.3, 0.4) is 0 Å². The average Bonchev–Trinajstić information content (AvgIpc) is 2.28. The van der Waals surface area contributed by atoms with E-state index in [4.69, 9.17) is 4.74 Å². The predicted octanol–water partition coefficient (Wildman–Crippen LogP) is 1.43. The van der Waals surface area contributed by atoms with Crippen LogP contribution in [0.4, 0.5) is 0 Å². The number of carbonyl (C=O) groups is 1. The third-order valence-corrected chi connectivity index (χ3v) is 3.14. The Morgan fingerprint density at radius 2 is 2.28 bits per heavy atom. The summed E-state index contributed by atoms with van der Waals surface area (Å²) in [7, 11) is 3.67. The molecule has 4 heteroatoms. The van der Waals surface area contributed by atoms with E-state index in [2.05, 4.69) is 37.2 Å². The highest BCUT2D eigenvalue weighted by atomic mass is 16.5. The van der Waals surface area contributed by atoms with Gasteiger partial charge in [-0.1, -0.05) is 19.9 Å². The first kappa shape index (κ1) is 15.2. The number of likely N-dealkylation sites (N-methyl/N-ethyl adjacent to an activating group) is 1. The molecule has 0 bridgehead atoms. The fourth-order valence-corrected chi connectivity index (χ4v) is 2.32. The molecule has 0 saturated heterocycles. The van der Waals surface area contributed by atoms with Gasteiger partial charge in [0.15, 0.2) is 0 Å². The molecular weight excluding hydrogens is 228 g/mol. The Bertz CT molecular complexity index is 300. The lowest BCUT2D eigenvalue weighted by Gasteiger charge is -2.30. The number of amides is 1. The maximum absolute atomic E-state index is 11.7. The van der Waals surface area contributed by atoms with Gasteiger partial charge in [-0.3, -0.25) is 4.79 Å². The maximum atomic E-state index is 11.7. The molecule has 0 aromatic heterocycles. The van der Waals surface area contributed by atoms with Crippen molar-refractivity contribution in [2.45, 2.75) is 32.7 Å². The van der Waals surface area contributed by atoms with E-state index in [-0.39, 0.29) is 18.6 Å². The van der Waals surface area contributed by atoms with Gasteiger partial charge in [-0.05, 0) is 31.4 Å². The van der Waals surface area contributed by atoms with Gasteiger partial charge in [0.05, 0.1) is 6.04 Å². The summed E-state index contributed by atoms with van der Waals surface area (Å²) < 4.78 is 4.88. The van der Waals surface area contributed by atoms with Crippen LogP contribution >= 0.6 is 0 Å². The maximum Gasteiger partial charge on any atom is 0.246 e. The summed E-state index contributed by atoms with van der Waals surface area (Å²) in [6.45, 7) is 6.55. The molecule has 1 aliphatic heterocycles. The number of hydrogen-bond acceptors (Lipinski definition) is 3. The average molecular weight is 254 g/mol. The highest BCUT2D eigenvalue weighted by molar-refractivity contribution is 5.77. The minimum atomic E-state index is -0.0303. The molecule has 0 aromatic rings. The molecule has 1 heterocycles. The first-order chi connectivity index (χ1) is 8.52. The van der Waals surface area contributed by atoms with E-state index in [1.54, 1.807) is 7.11 Å². The molecule has 1 unspecified atom stereocenters. The van der Waals surface area contributed by atoms with Crippen molar-refractivity contribution in [2.75, 3.05) is 33.9 Å². The van der Waals surface area contributed by atoms with Crippen LogP contribution in [0.25, 0.3) is 0 Å².